The van der Waals surface area contributed by atoms with Crippen LogP contribution in [0, 0.1) is 11.2 Å². The summed E-state index contributed by atoms with van der Waals surface area (Å²) in [6.07, 6.45) is 2.72. The lowest BCUT2D eigenvalue weighted by Crippen LogP contribution is -2.63. The summed E-state index contributed by atoms with van der Waals surface area (Å²) in [6.45, 7) is 3.83. The van der Waals surface area contributed by atoms with Crippen LogP contribution in [0.1, 0.15) is 18.4 Å². The van der Waals surface area contributed by atoms with E-state index in [2.05, 4.69) is 5.32 Å². The van der Waals surface area contributed by atoms with Crippen LogP contribution in [0.2, 0.25) is 0 Å². The number of nitrogens with one attached hydrogen (secondary N) is 1. The summed E-state index contributed by atoms with van der Waals surface area (Å²) in [5, 5.41) is 3.41. The van der Waals surface area contributed by atoms with E-state index in [1.54, 1.807) is 12.1 Å². The van der Waals surface area contributed by atoms with Crippen molar-refractivity contribution >= 4 is 5.91 Å². The van der Waals surface area contributed by atoms with Gasteiger partial charge in [-0.3, -0.25) is 4.79 Å². The summed E-state index contributed by atoms with van der Waals surface area (Å²) in [4.78, 5) is 14.0. The molecule has 4 heteroatoms. The molecule has 0 atom stereocenters. The van der Waals surface area contributed by atoms with Gasteiger partial charge in [0.05, 0.1) is 6.42 Å². The smallest absolute Gasteiger partial charge is 0.227 e. The Hall–Kier alpha value is -1.42. The van der Waals surface area contributed by atoms with Gasteiger partial charge in [-0.15, -0.1) is 0 Å². The van der Waals surface area contributed by atoms with Gasteiger partial charge in [0.15, 0.2) is 0 Å². The number of nitrogens with zero attached hydrogens (tertiary/aromatic N) is 1. The van der Waals surface area contributed by atoms with E-state index in [-0.39, 0.29) is 11.7 Å². The van der Waals surface area contributed by atoms with Crippen LogP contribution < -0.4 is 5.32 Å². The molecule has 3 nitrogen and oxygen atoms in total. The largest absolute Gasteiger partial charge is 0.341 e. The number of carbonyl (C=O) groups is 1. The van der Waals surface area contributed by atoms with Crippen LogP contribution >= 0.6 is 0 Å². The van der Waals surface area contributed by atoms with Crippen molar-refractivity contribution in [2.24, 2.45) is 5.41 Å². The minimum Gasteiger partial charge on any atom is -0.341 e. The summed E-state index contributed by atoms with van der Waals surface area (Å²) in [5.41, 5.74) is 1.07. The predicted molar refractivity (Wildman–Crippen MR) is 71.2 cm³/mol. The second kappa shape index (κ2) is 4.93. The highest BCUT2D eigenvalue weighted by molar-refractivity contribution is 5.79. The lowest BCUT2D eigenvalue weighted by Gasteiger charge is -2.52. The first-order valence-electron chi connectivity index (χ1n) is 6.90. The normalized spacial score (nSPS) is 21.2. The molecule has 0 aliphatic carbocycles. The van der Waals surface area contributed by atoms with Crippen LogP contribution in [0.3, 0.4) is 0 Å². The average molecular weight is 262 g/mol. The molecule has 0 aromatic heterocycles. The molecule has 19 heavy (non-hydrogen) atoms. The van der Waals surface area contributed by atoms with Crippen molar-refractivity contribution < 1.29 is 9.18 Å². The topological polar surface area (TPSA) is 32.3 Å². The maximum atomic E-state index is 13.1. The van der Waals surface area contributed by atoms with E-state index in [0.717, 1.165) is 31.7 Å². The Kier molecular flexibility index (Phi) is 3.27. The summed E-state index contributed by atoms with van der Waals surface area (Å²) >= 11 is 0. The van der Waals surface area contributed by atoms with Gasteiger partial charge in [0.1, 0.15) is 5.82 Å². The summed E-state index contributed by atoms with van der Waals surface area (Å²) in [5.74, 6) is -0.163. The van der Waals surface area contributed by atoms with E-state index >= 15 is 0 Å². The quantitative estimate of drug-likeness (QED) is 0.877. The lowest BCUT2D eigenvalue weighted by atomic mass is 9.74. The van der Waals surface area contributed by atoms with Crippen molar-refractivity contribution in [2.45, 2.75) is 19.3 Å². The van der Waals surface area contributed by atoms with Crippen LogP contribution in [0.5, 0.6) is 0 Å². The van der Waals surface area contributed by atoms with Crippen LogP contribution in [0.15, 0.2) is 24.3 Å². The SMILES string of the molecule is O=C(Cc1cccc(F)c1)N1CC2(CCCNC2)C1. The molecule has 1 amide bonds. The van der Waals surface area contributed by atoms with E-state index in [1.807, 2.05) is 4.90 Å². The van der Waals surface area contributed by atoms with Gasteiger partial charge < -0.3 is 10.2 Å². The third-order valence-corrected chi connectivity index (χ3v) is 4.21. The van der Waals surface area contributed by atoms with Crippen LogP contribution in [-0.4, -0.2) is 37.0 Å². The molecule has 0 unspecified atom stereocenters. The first-order chi connectivity index (χ1) is 9.17. The summed E-state index contributed by atoms with van der Waals surface area (Å²) in [7, 11) is 0. The Bertz CT molecular complexity index is 475. The predicted octanol–water partition coefficient (Wildman–Crippen LogP) is 1.58. The number of hydrogen-bond donors (Lipinski definition) is 1. The number of benzene rings is 1. The molecule has 2 aliphatic rings. The molecular weight excluding hydrogens is 243 g/mol. The van der Waals surface area contributed by atoms with Crippen molar-refractivity contribution in [2.75, 3.05) is 26.2 Å². The van der Waals surface area contributed by atoms with Gasteiger partial charge in [-0.25, -0.2) is 4.39 Å². The van der Waals surface area contributed by atoms with Crippen molar-refractivity contribution in [3.05, 3.63) is 35.6 Å². The number of piperidine rings is 1. The molecule has 2 aliphatic heterocycles. The van der Waals surface area contributed by atoms with Gasteiger partial charge in [0.25, 0.3) is 0 Å². The average Bonchev–Trinajstić information content (AvgIpc) is 2.36. The van der Waals surface area contributed by atoms with E-state index < -0.39 is 0 Å². The fourth-order valence-electron chi connectivity index (χ4n) is 3.17. The molecule has 2 fully saturated rings. The molecule has 1 aromatic rings. The Balaban J connectivity index is 1.55. The first-order valence-corrected chi connectivity index (χ1v) is 6.90. The molecular formula is C15H19FN2O. The standard InChI is InChI=1S/C15H19FN2O/c16-13-4-1-3-12(7-13)8-14(19)18-10-15(11-18)5-2-6-17-9-15/h1,3-4,7,17H,2,5-6,8-11H2. The molecule has 1 spiro atoms. The van der Waals surface area contributed by atoms with Gasteiger partial charge >= 0.3 is 0 Å². The zero-order valence-electron chi connectivity index (χ0n) is 11.0. The van der Waals surface area contributed by atoms with Crippen LogP contribution in [0.25, 0.3) is 0 Å². The Morgan fingerprint density at radius 1 is 1.42 bits per heavy atom. The molecule has 2 heterocycles. The molecule has 0 radical (unpaired) electrons. The molecule has 1 aromatic carbocycles. The zero-order chi connectivity index (χ0) is 13.3. The van der Waals surface area contributed by atoms with Gasteiger partial charge in [-0.2, -0.15) is 0 Å². The Labute approximate surface area is 112 Å². The molecule has 0 saturated carbocycles. The van der Waals surface area contributed by atoms with Gasteiger partial charge in [0.2, 0.25) is 5.91 Å². The summed E-state index contributed by atoms with van der Waals surface area (Å²) < 4.78 is 13.1. The number of halogens is 1. The zero-order valence-corrected chi connectivity index (χ0v) is 11.0. The number of hydrogen-bond acceptors (Lipinski definition) is 2. The van der Waals surface area contributed by atoms with E-state index in [1.165, 1.54) is 25.0 Å². The van der Waals surface area contributed by atoms with Gasteiger partial charge in [0, 0.05) is 25.0 Å². The summed E-state index contributed by atoms with van der Waals surface area (Å²) in [6, 6.07) is 6.30. The van der Waals surface area contributed by atoms with Crippen molar-refractivity contribution in [3.8, 4) is 0 Å². The number of rotatable bonds is 2. The van der Waals surface area contributed by atoms with Crippen molar-refractivity contribution in [1.82, 2.24) is 10.2 Å². The molecule has 102 valence electrons. The maximum Gasteiger partial charge on any atom is 0.227 e. The fourth-order valence-corrected chi connectivity index (χ4v) is 3.17. The minimum atomic E-state index is -0.276. The van der Waals surface area contributed by atoms with E-state index in [4.69, 9.17) is 0 Å². The van der Waals surface area contributed by atoms with Gasteiger partial charge in [-0.1, -0.05) is 12.1 Å². The highest BCUT2D eigenvalue weighted by atomic mass is 19.1. The second-order valence-corrected chi connectivity index (χ2v) is 5.84. The van der Waals surface area contributed by atoms with E-state index in [0.29, 0.717) is 11.8 Å². The number of amides is 1. The van der Waals surface area contributed by atoms with E-state index in [9.17, 15) is 9.18 Å². The Morgan fingerprint density at radius 3 is 2.95 bits per heavy atom. The molecule has 0 bridgehead atoms. The minimum absolute atomic E-state index is 0.113. The molecule has 1 N–H and O–H groups in total. The molecule has 3 rings (SSSR count). The first kappa shape index (κ1) is 12.6. The third kappa shape index (κ3) is 2.63. The fraction of sp³-hybridized carbons (Fsp3) is 0.533. The second-order valence-electron chi connectivity index (χ2n) is 5.84. The Morgan fingerprint density at radius 2 is 2.26 bits per heavy atom. The third-order valence-electron chi connectivity index (χ3n) is 4.21. The van der Waals surface area contributed by atoms with Crippen molar-refractivity contribution in [3.63, 3.8) is 0 Å². The van der Waals surface area contributed by atoms with Gasteiger partial charge in [-0.05, 0) is 37.1 Å². The highest BCUT2D eigenvalue weighted by Crippen LogP contribution is 2.36. The van der Waals surface area contributed by atoms with Crippen molar-refractivity contribution in [1.29, 1.82) is 0 Å². The lowest BCUT2D eigenvalue weighted by molar-refractivity contribution is -0.143. The number of carbonyl (C=O) groups excluding carboxylic acids is 1. The maximum absolute atomic E-state index is 13.1. The monoisotopic (exact) mass is 262 g/mol. The number of likely N-dealkylation sites (tertiary alicyclic amines) is 1. The molecule has 2 saturated heterocycles. The van der Waals surface area contributed by atoms with Crippen LogP contribution in [-0.2, 0) is 11.2 Å². The highest BCUT2D eigenvalue weighted by Gasteiger charge is 2.45. The van der Waals surface area contributed by atoms with Crippen LogP contribution in [0.4, 0.5) is 4.39 Å².